The Bertz CT molecular complexity index is 937. The molecular formula is C19H25N7O2. The molecule has 1 fully saturated rings. The first-order valence-electron chi connectivity index (χ1n) is 9.31. The molecular weight excluding hydrogens is 358 g/mol. The molecule has 3 aromatic heterocycles. The lowest BCUT2D eigenvalue weighted by Crippen LogP contribution is -2.37. The lowest BCUT2D eigenvalue weighted by Gasteiger charge is -2.29. The van der Waals surface area contributed by atoms with E-state index in [1.165, 1.54) is 0 Å². The van der Waals surface area contributed by atoms with Crippen molar-refractivity contribution in [1.82, 2.24) is 29.4 Å². The van der Waals surface area contributed by atoms with Crippen LogP contribution in [0.25, 0.3) is 17.0 Å². The number of aromatic nitrogens is 5. The zero-order valence-electron chi connectivity index (χ0n) is 16.5. The van der Waals surface area contributed by atoms with Crippen molar-refractivity contribution in [2.75, 3.05) is 52.4 Å². The molecule has 9 heteroatoms. The molecule has 0 bridgehead atoms. The van der Waals surface area contributed by atoms with Crippen molar-refractivity contribution in [2.24, 2.45) is 0 Å². The highest BCUT2D eigenvalue weighted by Gasteiger charge is 2.21. The lowest BCUT2D eigenvalue weighted by atomic mass is 10.1. The number of fused-ring (bicyclic) bond motifs is 1. The van der Waals surface area contributed by atoms with Gasteiger partial charge in [0.05, 0.1) is 25.5 Å². The first kappa shape index (κ1) is 18.7. The second kappa shape index (κ2) is 8.17. The Kier molecular flexibility index (Phi) is 5.47. The molecule has 28 heavy (non-hydrogen) atoms. The Balaban J connectivity index is 1.95. The third kappa shape index (κ3) is 3.82. The molecule has 0 aromatic carbocycles. The van der Waals surface area contributed by atoms with E-state index in [-0.39, 0.29) is 0 Å². The SMILES string of the molecule is COCc1cc(CN(C)C)c2nc(-n3ccnc3)nc(N3CCOCC3)c2n1. The molecule has 0 unspecified atom stereocenters. The van der Waals surface area contributed by atoms with E-state index in [9.17, 15) is 0 Å². The third-order valence-electron chi connectivity index (χ3n) is 4.58. The predicted octanol–water partition coefficient (Wildman–Crippen LogP) is 1.26. The van der Waals surface area contributed by atoms with Gasteiger partial charge in [0.25, 0.3) is 0 Å². The molecule has 9 nitrogen and oxygen atoms in total. The Morgan fingerprint density at radius 1 is 1.14 bits per heavy atom. The van der Waals surface area contributed by atoms with Gasteiger partial charge in [0.1, 0.15) is 17.4 Å². The molecule has 4 heterocycles. The summed E-state index contributed by atoms with van der Waals surface area (Å²) in [4.78, 5) is 23.0. The van der Waals surface area contributed by atoms with E-state index in [2.05, 4.69) is 20.9 Å². The molecule has 0 spiro atoms. The number of ether oxygens (including phenoxy) is 2. The maximum Gasteiger partial charge on any atom is 0.237 e. The fraction of sp³-hybridized carbons (Fsp3) is 0.474. The number of anilines is 1. The van der Waals surface area contributed by atoms with Gasteiger partial charge in [-0.05, 0) is 25.7 Å². The average molecular weight is 383 g/mol. The van der Waals surface area contributed by atoms with Crippen molar-refractivity contribution >= 4 is 16.9 Å². The molecule has 0 amide bonds. The highest BCUT2D eigenvalue weighted by atomic mass is 16.5. The van der Waals surface area contributed by atoms with E-state index in [1.54, 1.807) is 19.6 Å². The molecule has 4 rings (SSSR count). The third-order valence-corrected chi connectivity index (χ3v) is 4.58. The fourth-order valence-electron chi connectivity index (χ4n) is 3.38. The van der Waals surface area contributed by atoms with Crippen LogP contribution in [0.3, 0.4) is 0 Å². The summed E-state index contributed by atoms with van der Waals surface area (Å²) in [5.74, 6) is 1.42. The molecule has 0 N–H and O–H groups in total. The molecule has 1 aliphatic rings. The van der Waals surface area contributed by atoms with Crippen molar-refractivity contribution in [3.63, 3.8) is 0 Å². The average Bonchev–Trinajstić information content (AvgIpc) is 3.23. The van der Waals surface area contributed by atoms with E-state index in [0.29, 0.717) is 25.8 Å². The summed E-state index contributed by atoms with van der Waals surface area (Å²) >= 11 is 0. The number of hydrogen-bond acceptors (Lipinski definition) is 8. The van der Waals surface area contributed by atoms with Crippen molar-refractivity contribution in [3.8, 4) is 5.95 Å². The monoisotopic (exact) mass is 383 g/mol. The van der Waals surface area contributed by atoms with Crippen LogP contribution in [0.15, 0.2) is 24.8 Å². The molecule has 1 aliphatic heterocycles. The minimum absolute atomic E-state index is 0.447. The summed E-state index contributed by atoms with van der Waals surface area (Å²) in [6.45, 7) is 4.09. The van der Waals surface area contributed by atoms with Crippen molar-refractivity contribution in [1.29, 1.82) is 0 Å². The summed E-state index contributed by atoms with van der Waals surface area (Å²) in [6, 6.07) is 2.07. The Labute approximate surface area is 163 Å². The molecule has 0 aliphatic carbocycles. The van der Waals surface area contributed by atoms with Gasteiger partial charge in [-0.3, -0.25) is 4.57 Å². The van der Waals surface area contributed by atoms with Crippen molar-refractivity contribution in [2.45, 2.75) is 13.2 Å². The number of morpholine rings is 1. The highest BCUT2D eigenvalue weighted by Crippen LogP contribution is 2.28. The molecule has 0 radical (unpaired) electrons. The zero-order valence-corrected chi connectivity index (χ0v) is 16.5. The van der Waals surface area contributed by atoms with Gasteiger partial charge in [0.2, 0.25) is 5.95 Å². The van der Waals surface area contributed by atoms with E-state index in [4.69, 9.17) is 24.4 Å². The largest absolute Gasteiger partial charge is 0.378 e. The second-order valence-corrected chi connectivity index (χ2v) is 7.06. The lowest BCUT2D eigenvalue weighted by molar-refractivity contribution is 0.122. The number of imidazole rings is 1. The van der Waals surface area contributed by atoms with Crippen LogP contribution in [0.4, 0.5) is 5.82 Å². The van der Waals surface area contributed by atoms with Gasteiger partial charge >= 0.3 is 0 Å². The van der Waals surface area contributed by atoms with Gasteiger partial charge in [-0.2, -0.15) is 4.98 Å². The van der Waals surface area contributed by atoms with Gasteiger partial charge < -0.3 is 19.3 Å². The number of nitrogens with zero attached hydrogens (tertiary/aromatic N) is 7. The maximum atomic E-state index is 5.53. The Morgan fingerprint density at radius 3 is 2.64 bits per heavy atom. The molecule has 148 valence electrons. The topological polar surface area (TPSA) is 81.4 Å². The highest BCUT2D eigenvalue weighted by molar-refractivity contribution is 5.89. The van der Waals surface area contributed by atoms with Crippen LogP contribution >= 0.6 is 0 Å². The van der Waals surface area contributed by atoms with Crippen molar-refractivity contribution in [3.05, 3.63) is 36.0 Å². The van der Waals surface area contributed by atoms with E-state index in [0.717, 1.165) is 47.7 Å². The van der Waals surface area contributed by atoms with Gasteiger partial charge in [-0.15, -0.1) is 0 Å². The van der Waals surface area contributed by atoms with Gasteiger partial charge in [-0.25, -0.2) is 15.0 Å². The minimum atomic E-state index is 0.447. The number of hydrogen-bond donors (Lipinski definition) is 0. The van der Waals surface area contributed by atoms with Crippen LogP contribution < -0.4 is 4.90 Å². The van der Waals surface area contributed by atoms with Crippen LogP contribution in [0.5, 0.6) is 0 Å². The zero-order chi connectivity index (χ0) is 19.5. The van der Waals surface area contributed by atoms with E-state index >= 15 is 0 Å². The first-order valence-corrected chi connectivity index (χ1v) is 9.31. The number of methoxy groups -OCH3 is 1. The summed E-state index contributed by atoms with van der Waals surface area (Å²) in [7, 11) is 5.77. The fourth-order valence-corrected chi connectivity index (χ4v) is 3.38. The van der Waals surface area contributed by atoms with E-state index < -0.39 is 0 Å². The van der Waals surface area contributed by atoms with Gasteiger partial charge in [-0.1, -0.05) is 0 Å². The van der Waals surface area contributed by atoms with Gasteiger partial charge in [0.15, 0.2) is 5.82 Å². The Morgan fingerprint density at radius 2 is 1.96 bits per heavy atom. The number of rotatable bonds is 6. The molecule has 3 aromatic rings. The van der Waals surface area contributed by atoms with Crippen LogP contribution in [0.1, 0.15) is 11.3 Å². The normalized spacial score (nSPS) is 14.9. The predicted molar refractivity (Wildman–Crippen MR) is 106 cm³/mol. The smallest absolute Gasteiger partial charge is 0.237 e. The quantitative estimate of drug-likeness (QED) is 0.629. The molecule has 0 atom stereocenters. The van der Waals surface area contributed by atoms with Crippen LogP contribution in [-0.2, 0) is 22.6 Å². The standard InChI is InChI=1S/C19H25N7O2/c1-24(2)11-14-10-15(12-27-3)21-17-16(14)22-19(26-5-4-20-13-26)23-18(17)25-6-8-28-9-7-25/h4-5,10,13H,6-9,11-12H2,1-3H3. The maximum absolute atomic E-state index is 5.53. The summed E-state index contributed by atoms with van der Waals surface area (Å²) in [5.41, 5.74) is 3.63. The molecule has 1 saturated heterocycles. The number of pyridine rings is 1. The van der Waals surface area contributed by atoms with E-state index in [1.807, 2.05) is 24.9 Å². The second-order valence-electron chi connectivity index (χ2n) is 7.06. The van der Waals surface area contributed by atoms with Gasteiger partial charge in [0, 0.05) is 39.1 Å². The summed E-state index contributed by atoms with van der Waals surface area (Å²) in [6.07, 6.45) is 5.29. The van der Waals surface area contributed by atoms with Crippen LogP contribution in [0.2, 0.25) is 0 Å². The van der Waals surface area contributed by atoms with Crippen LogP contribution in [0, 0.1) is 0 Å². The summed E-state index contributed by atoms with van der Waals surface area (Å²) in [5, 5.41) is 0. The Hall–Kier alpha value is -2.62. The summed E-state index contributed by atoms with van der Waals surface area (Å²) < 4.78 is 12.7. The minimum Gasteiger partial charge on any atom is -0.378 e. The first-order chi connectivity index (χ1) is 13.7. The van der Waals surface area contributed by atoms with Crippen LogP contribution in [-0.4, -0.2) is 76.9 Å². The van der Waals surface area contributed by atoms with Crippen molar-refractivity contribution < 1.29 is 9.47 Å². The molecule has 0 saturated carbocycles.